The third-order valence-corrected chi connectivity index (χ3v) is 4.54. The summed E-state index contributed by atoms with van der Waals surface area (Å²) in [6.07, 6.45) is 3.13. The third kappa shape index (κ3) is 5.27. The Kier molecular flexibility index (Phi) is 6.88. The van der Waals surface area contributed by atoms with Crippen molar-refractivity contribution in [2.75, 3.05) is 14.2 Å². The van der Waals surface area contributed by atoms with Crippen LogP contribution in [-0.4, -0.2) is 26.0 Å². The van der Waals surface area contributed by atoms with Crippen molar-refractivity contribution >= 4 is 29.4 Å². The van der Waals surface area contributed by atoms with E-state index in [0.717, 1.165) is 5.56 Å². The van der Waals surface area contributed by atoms with Gasteiger partial charge in [-0.1, -0.05) is 11.6 Å². The van der Waals surface area contributed by atoms with Crippen LogP contribution in [0.25, 0.3) is 6.08 Å². The zero-order chi connectivity index (χ0) is 21.5. The first kappa shape index (κ1) is 21.1. The van der Waals surface area contributed by atoms with Gasteiger partial charge < -0.3 is 14.2 Å². The lowest BCUT2D eigenvalue weighted by Gasteiger charge is -2.07. The quantitative estimate of drug-likeness (QED) is 0.218. The molecule has 0 spiro atoms. The van der Waals surface area contributed by atoms with Gasteiger partial charge in [-0.3, -0.25) is 4.79 Å². The number of esters is 1. The molecular weight excluding hydrogens is 404 g/mol. The van der Waals surface area contributed by atoms with Gasteiger partial charge in [-0.2, -0.15) is 0 Å². The number of ether oxygens (including phenoxy) is 3. The minimum Gasteiger partial charge on any atom is -0.497 e. The number of benzene rings is 3. The highest BCUT2D eigenvalue weighted by atomic mass is 35.5. The molecule has 3 rings (SSSR count). The molecule has 0 fully saturated rings. The second-order valence-electron chi connectivity index (χ2n) is 6.23. The second-order valence-corrected chi connectivity index (χ2v) is 6.66. The fourth-order valence-electron chi connectivity index (χ4n) is 2.66. The smallest absolute Gasteiger partial charge is 0.343 e. The van der Waals surface area contributed by atoms with Crippen LogP contribution in [0.15, 0.2) is 72.8 Å². The average molecular weight is 423 g/mol. The molecule has 0 amide bonds. The standard InChI is InChI=1S/C24H19ClO5/c1-28-21-13-7-17(23(15-21)29-2)8-14-22(26)16-5-11-20(12-6-16)30-24(27)18-3-9-19(25)10-4-18/h3-15H,1-2H3/b14-8+. The van der Waals surface area contributed by atoms with Crippen LogP contribution in [-0.2, 0) is 0 Å². The number of allylic oxidation sites excluding steroid dienone is 1. The summed E-state index contributed by atoms with van der Waals surface area (Å²) in [5, 5.41) is 0.537. The highest BCUT2D eigenvalue weighted by Gasteiger charge is 2.10. The Morgan fingerprint density at radius 3 is 2.07 bits per heavy atom. The summed E-state index contributed by atoms with van der Waals surface area (Å²) in [5.41, 5.74) is 1.60. The lowest BCUT2D eigenvalue weighted by molar-refractivity contribution is 0.0734. The fourth-order valence-corrected chi connectivity index (χ4v) is 2.78. The van der Waals surface area contributed by atoms with E-state index in [1.807, 2.05) is 0 Å². The Morgan fingerprint density at radius 2 is 1.43 bits per heavy atom. The molecule has 0 radical (unpaired) electrons. The van der Waals surface area contributed by atoms with Crippen molar-refractivity contribution in [3.05, 3.63) is 94.5 Å². The number of carbonyl (C=O) groups excluding carboxylic acids is 2. The van der Waals surface area contributed by atoms with E-state index in [1.165, 1.54) is 6.08 Å². The van der Waals surface area contributed by atoms with Gasteiger partial charge >= 0.3 is 5.97 Å². The predicted molar refractivity (Wildman–Crippen MR) is 116 cm³/mol. The van der Waals surface area contributed by atoms with Crippen LogP contribution >= 0.6 is 11.6 Å². The van der Waals surface area contributed by atoms with Crippen molar-refractivity contribution in [2.45, 2.75) is 0 Å². The number of rotatable bonds is 7. The summed E-state index contributed by atoms with van der Waals surface area (Å²) in [6.45, 7) is 0. The molecule has 30 heavy (non-hydrogen) atoms. The minimum absolute atomic E-state index is 0.191. The highest BCUT2D eigenvalue weighted by molar-refractivity contribution is 6.30. The molecule has 0 saturated carbocycles. The van der Waals surface area contributed by atoms with Crippen molar-refractivity contribution in [3.63, 3.8) is 0 Å². The predicted octanol–water partition coefficient (Wildman–Crippen LogP) is 5.47. The molecule has 0 aliphatic rings. The van der Waals surface area contributed by atoms with E-state index in [2.05, 4.69) is 0 Å². The topological polar surface area (TPSA) is 61.8 Å². The van der Waals surface area contributed by atoms with Gasteiger partial charge in [0.1, 0.15) is 17.2 Å². The summed E-state index contributed by atoms with van der Waals surface area (Å²) in [5.74, 6) is 0.912. The van der Waals surface area contributed by atoms with Crippen molar-refractivity contribution in [1.82, 2.24) is 0 Å². The maximum absolute atomic E-state index is 12.5. The van der Waals surface area contributed by atoms with Crippen LogP contribution in [0.4, 0.5) is 0 Å². The van der Waals surface area contributed by atoms with Gasteiger partial charge in [-0.05, 0) is 72.8 Å². The zero-order valence-electron chi connectivity index (χ0n) is 16.4. The minimum atomic E-state index is -0.503. The Hall–Kier alpha value is -3.57. The summed E-state index contributed by atoms with van der Waals surface area (Å²) in [6, 6.07) is 18.1. The number of methoxy groups -OCH3 is 2. The molecule has 0 unspecified atom stereocenters. The number of halogens is 1. The Morgan fingerprint density at radius 1 is 0.800 bits per heavy atom. The first-order valence-corrected chi connectivity index (χ1v) is 9.40. The lowest BCUT2D eigenvalue weighted by atomic mass is 10.1. The first-order chi connectivity index (χ1) is 14.5. The molecule has 5 nitrogen and oxygen atoms in total. The second kappa shape index (κ2) is 9.76. The van der Waals surface area contributed by atoms with Crippen LogP contribution < -0.4 is 14.2 Å². The van der Waals surface area contributed by atoms with E-state index in [4.69, 9.17) is 25.8 Å². The van der Waals surface area contributed by atoms with Crippen LogP contribution in [0.3, 0.4) is 0 Å². The molecule has 0 heterocycles. The number of carbonyl (C=O) groups is 2. The molecule has 0 saturated heterocycles. The summed E-state index contributed by atoms with van der Waals surface area (Å²) in [7, 11) is 3.13. The van der Waals surface area contributed by atoms with Crippen LogP contribution in [0.2, 0.25) is 5.02 Å². The van der Waals surface area contributed by atoms with Crippen LogP contribution in [0.5, 0.6) is 17.2 Å². The van der Waals surface area contributed by atoms with Crippen molar-refractivity contribution in [1.29, 1.82) is 0 Å². The average Bonchev–Trinajstić information content (AvgIpc) is 2.78. The van der Waals surface area contributed by atoms with Gasteiger partial charge in [0.05, 0.1) is 19.8 Å². The maximum atomic E-state index is 12.5. The number of ketones is 1. The van der Waals surface area contributed by atoms with Gasteiger partial charge in [0.25, 0.3) is 0 Å². The monoisotopic (exact) mass is 422 g/mol. The normalized spacial score (nSPS) is 10.6. The van der Waals surface area contributed by atoms with Crippen LogP contribution in [0.1, 0.15) is 26.3 Å². The largest absolute Gasteiger partial charge is 0.497 e. The molecule has 3 aromatic carbocycles. The molecule has 0 N–H and O–H groups in total. The number of hydrogen-bond donors (Lipinski definition) is 0. The first-order valence-electron chi connectivity index (χ1n) is 9.02. The van der Waals surface area contributed by atoms with E-state index in [-0.39, 0.29) is 5.78 Å². The molecule has 3 aromatic rings. The van der Waals surface area contributed by atoms with Gasteiger partial charge in [-0.15, -0.1) is 0 Å². The van der Waals surface area contributed by atoms with E-state index in [1.54, 1.807) is 87.0 Å². The van der Waals surface area contributed by atoms with Gasteiger partial charge in [0.2, 0.25) is 0 Å². The SMILES string of the molecule is COc1ccc(/C=C/C(=O)c2ccc(OC(=O)c3ccc(Cl)cc3)cc2)c(OC)c1. The Labute approximate surface area is 179 Å². The van der Waals surface area contributed by atoms with Gasteiger partial charge in [0, 0.05) is 22.2 Å². The van der Waals surface area contributed by atoms with E-state index < -0.39 is 5.97 Å². The van der Waals surface area contributed by atoms with Gasteiger partial charge in [-0.25, -0.2) is 4.79 Å². The van der Waals surface area contributed by atoms with Crippen molar-refractivity contribution < 1.29 is 23.8 Å². The number of hydrogen-bond acceptors (Lipinski definition) is 5. The molecule has 0 bridgehead atoms. The summed E-state index contributed by atoms with van der Waals surface area (Å²) < 4.78 is 15.8. The van der Waals surface area contributed by atoms with E-state index in [0.29, 0.717) is 33.4 Å². The molecule has 0 aliphatic carbocycles. The molecule has 0 aromatic heterocycles. The summed E-state index contributed by atoms with van der Waals surface area (Å²) in [4.78, 5) is 24.6. The summed E-state index contributed by atoms with van der Waals surface area (Å²) >= 11 is 5.82. The Balaban J connectivity index is 1.67. The van der Waals surface area contributed by atoms with Gasteiger partial charge in [0.15, 0.2) is 5.78 Å². The molecule has 6 heteroatoms. The molecule has 0 aliphatic heterocycles. The van der Waals surface area contributed by atoms with Crippen molar-refractivity contribution in [2.24, 2.45) is 0 Å². The highest BCUT2D eigenvalue weighted by Crippen LogP contribution is 2.26. The lowest BCUT2D eigenvalue weighted by Crippen LogP contribution is -2.08. The molecule has 0 atom stereocenters. The molecule has 152 valence electrons. The van der Waals surface area contributed by atoms with Crippen molar-refractivity contribution in [3.8, 4) is 17.2 Å². The van der Waals surface area contributed by atoms with E-state index >= 15 is 0 Å². The van der Waals surface area contributed by atoms with Crippen LogP contribution in [0, 0.1) is 0 Å². The fraction of sp³-hybridized carbons (Fsp3) is 0.0833. The zero-order valence-corrected chi connectivity index (χ0v) is 17.2. The maximum Gasteiger partial charge on any atom is 0.343 e. The Bertz CT molecular complexity index is 1070. The van der Waals surface area contributed by atoms with E-state index in [9.17, 15) is 9.59 Å². The third-order valence-electron chi connectivity index (χ3n) is 4.28. The molecular formula is C24H19ClO5.